The van der Waals surface area contributed by atoms with Crippen molar-refractivity contribution >= 4 is 5.97 Å². The van der Waals surface area contributed by atoms with E-state index < -0.39 is 0 Å². The Kier molecular flexibility index (Phi) is 5.20. The maximum Gasteiger partial charge on any atom is 0.305 e. The topological polar surface area (TPSA) is 46.5 Å². The van der Waals surface area contributed by atoms with Gasteiger partial charge in [-0.25, -0.2) is 0 Å². The van der Waals surface area contributed by atoms with Crippen molar-refractivity contribution in [1.29, 1.82) is 0 Å². The minimum atomic E-state index is -0.132. The van der Waals surface area contributed by atoms with Gasteiger partial charge in [0.05, 0.1) is 7.11 Å². The Bertz CT molecular complexity index is 359. The third-order valence-electron chi connectivity index (χ3n) is 4.56. The standard InChI is InChI=1S/C16H24O3/c1-19-16(18)7-5-3-2-4-6-14-12-8-9-13(10-12)15(14)11-17/h2,4,8-9,12-15,17H,3,5-7,10-11H2,1H3/b4-2-. The highest BCUT2D eigenvalue weighted by atomic mass is 16.5. The SMILES string of the molecule is COC(=O)CCC/C=C\CC1C2C=CC(C2)C1CO. The molecule has 0 heterocycles. The zero-order valence-electron chi connectivity index (χ0n) is 11.6. The van der Waals surface area contributed by atoms with E-state index in [0.717, 1.165) is 19.3 Å². The van der Waals surface area contributed by atoms with E-state index in [1.807, 2.05) is 0 Å². The molecular formula is C16H24O3. The Labute approximate surface area is 115 Å². The molecule has 0 aromatic rings. The minimum Gasteiger partial charge on any atom is -0.469 e. The van der Waals surface area contributed by atoms with E-state index in [1.165, 1.54) is 13.5 Å². The number of rotatable bonds is 7. The molecule has 2 bridgehead atoms. The molecule has 2 rings (SSSR count). The number of hydrogen-bond acceptors (Lipinski definition) is 3. The Hall–Kier alpha value is -1.09. The van der Waals surface area contributed by atoms with E-state index in [9.17, 15) is 9.90 Å². The first-order valence-electron chi connectivity index (χ1n) is 7.27. The summed E-state index contributed by atoms with van der Waals surface area (Å²) in [6, 6.07) is 0. The van der Waals surface area contributed by atoms with Gasteiger partial charge in [-0.3, -0.25) is 4.79 Å². The molecule has 0 radical (unpaired) electrons. The number of allylic oxidation sites excluding steroid dienone is 4. The third-order valence-corrected chi connectivity index (χ3v) is 4.56. The highest BCUT2D eigenvalue weighted by Gasteiger charge is 2.42. The van der Waals surface area contributed by atoms with Crippen LogP contribution in [0.25, 0.3) is 0 Å². The number of fused-ring (bicyclic) bond motifs is 2. The summed E-state index contributed by atoms with van der Waals surface area (Å²) in [5, 5.41) is 9.48. The number of carbonyl (C=O) groups is 1. The van der Waals surface area contributed by atoms with E-state index in [0.29, 0.717) is 36.7 Å². The molecule has 4 atom stereocenters. The average Bonchev–Trinajstić information content (AvgIpc) is 3.02. The van der Waals surface area contributed by atoms with Crippen LogP contribution in [0.2, 0.25) is 0 Å². The summed E-state index contributed by atoms with van der Waals surface area (Å²) < 4.78 is 4.60. The molecule has 0 aromatic heterocycles. The zero-order valence-corrected chi connectivity index (χ0v) is 11.6. The average molecular weight is 264 g/mol. The van der Waals surface area contributed by atoms with E-state index in [-0.39, 0.29) is 5.97 Å². The van der Waals surface area contributed by atoms with Crippen LogP contribution in [-0.2, 0) is 9.53 Å². The maximum atomic E-state index is 10.9. The molecule has 1 fully saturated rings. The van der Waals surface area contributed by atoms with Crippen molar-refractivity contribution in [3.8, 4) is 0 Å². The fourth-order valence-electron chi connectivity index (χ4n) is 3.48. The number of aliphatic hydroxyl groups is 1. The summed E-state index contributed by atoms with van der Waals surface area (Å²) in [6.45, 7) is 0.312. The minimum absolute atomic E-state index is 0.132. The van der Waals surface area contributed by atoms with Gasteiger partial charge in [0.25, 0.3) is 0 Å². The first kappa shape index (κ1) is 14.3. The van der Waals surface area contributed by atoms with Gasteiger partial charge < -0.3 is 9.84 Å². The van der Waals surface area contributed by atoms with Gasteiger partial charge in [-0.05, 0) is 49.4 Å². The van der Waals surface area contributed by atoms with Crippen LogP contribution in [-0.4, -0.2) is 24.8 Å². The number of carbonyl (C=O) groups excluding carboxylic acids is 1. The van der Waals surface area contributed by atoms with Crippen molar-refractivity contribution < 1.29 is 14.6 Å². The largest absolute Gasteiger partial charge is 0.469 e. The van der Waals surface area contributed by atoms with Crippen molar-refractivity contribution in [3.63, 3.8) is 0 Å². The fourth-order valence-corrected chi connectivity index (χ4v) is 3.48. The number of aliphatic hydroxyl groups excluding tert-OH is 1. The second-order valence-electron chi connectivity index (χ2n) is 5.63. The summed E-state index contributed by atoms with van der Waals surface area (Å²) >= 11 is 0. The zero-order chi connectivity index (χ0) is 13.7. The summed E-state index contributed by atoms with van der Waals surface area (Å²) in [5.41, 5.74) is 0. The molecule has 1 N–H and O–H groups in total. The monoisotopic (exact) mass is 264 g/mol. The van der Waals surface area contributed by atoms with Crippen LogP contribution in [0.3, 0.4) is 0 Å². The molecule has 19 heavy (non-hydrogen) atoms. The van der Waals surface area contributed by atoms with Gasteiger partial charge in [0.15, 0.2) is 0 Å². The molecule has 2 aliphatic carbocycles. The Morgan fingerprint density at radius 1 is 1.32 bits per heavy atom. The van der Waals surface area contributed by atoms with Crippen molar-refractivity contribution in [3.05, 3.63) is 24.3 Å². The van der Waals surface area contributed by atoms with Crippen LogP contribution in [0.5, 0.6) is 0 Å². The second-order valence-corrected chi connectivity index (χ2v) is 5.63. The van der Waals surface area contributed by atoms with Gasteiger partial charge in [-0.15, -0.1) is 0 Å². The molecule has 0 aromatic carbocycles. The first-order chi connectivity index (χ1) is 9.26. The molecule has 106 valence electrons. The molecule has 0 spiro atoms. The number of esters is 1. The van der Waals surface area contributed by atoms with Crippen LogP contribution in [0, 0.1) is 23.7 Å². The quantitative estimate of drug-likeness (QED) is 0.437. The molecule has 4 unspecified atom stereocenters. The fraction of sp³-hybridized carbons (Fsp3) is 0.688. The Morgan fingerprint density at radius 2 is 2.05 bits per heavy atom. The van der Waals surface area contributed by atoms with Crippen LogP contribution in [0.4, 0.5) is 0 Å². The molecule has 3 nitrogen and oxygen atoms in total. The van der Waals surface area contributed by atoms with Crippen LogP contribution in [0.15, 0.2) is 24.3 Å². The molecule has 0 saturated heterocycles. The van der Waals surface area contributed by atoms with Gasteiger partial charge in [-0.2, -0.15) is 0 Å². The van der Waals surface area contributed by atoms with Crippen LogP contribution < -0.4 is 0 Å². The van der Waals surface area contributed by atoms with E-state index in [1.54, 1.807) is 0 Å². The summed E-state index contributed by atoms with van der Waals surface area (Å²) in [5.74, 6) is 2.20. The normalized spacial score (nSPS) is 32.3. The Morgan fingerprint density at radius 3 is 2.74 bits per heavy atom. The van der Waals surface area contributed by atoms with E-state index in [4.69, 9.17) is 0 Å². The number of methoxy groups -OCH3 is 1. The molecular weight excluding hydrogens is 240 g/mol. The third kappa shape index (κ3) is 3.47. The van der Waals surface area contributed by atoms with Crippen molar-refractivity contribution in [2.75, 3.05) is 13.7 Å². The first-order valence-corrected chi connectivity index (χ1v) is 7.27. The summed E-state index contributed by atoms with van der Waals surface area (Å²) in [4.78, 5) is 10.9. The lowest BCUT2D eigenvalue weighted by atomic mass is 9.81. The van der Waals surface area contributed by atoms with Crippen LogP contribution >= 0.6 is 0 Å². The van der Waals surface area contributed by atoms with E-state index >= 15 is 0 Å². The van der Waals surface area contributed by atoms with Gasteiger partial charge in [0, 0.05) is 13.0 Å². The summed E-state index contributed by atoms with van der Waals surface area (Å²) in [6.07, 6.45) is 13.5. The van der Waals surface area contributed by atoms with Crippen molar-refractivity contribution in [1.82, 2.24) is 0 Å². The predicted molar refractivity (Wildman–Crippen MR) is 74.4 cm³/mol. The molecule has 3 heteroatoms. The summed E-state index contributed by atoms with van der Waals surface area (Å²) in [7, 11) is 1.43. The van der Waals surface area contributed by atoms with E-state index in [2.05, 4.69) is 29.0 Å². The van der Waals surface area contributed by atoms with Gasteiger partial charge in [-0.1, -0.05) is 24.3 Å². The van der Waals surface area contributed by atoms with Gasteiger partial charge in [0.2, 0.25) is 0 Å². The van der Waals surface area contributed by atoms with Crippen LogP contribution in [0.1, 0.15) is 32.1 Å². The maximum absolute atomic E-state index is 10.9. The van der Waals surface area contributed by atoms with Gasteiger partial charge in [0.1, 0.15) is 0 Å². The highest BCUT2D eigenvalue weighted by Crippen LogP contribution is 2.49. The highest BCUT2D eigenvalue weighted by molar-refractivity contribution is 5.69. The van der Waals surface area contributed by atoms with Crippen molar-refractivity contribution in [2.24, 2.45) is 23.7 Å². The number of unbranched alkanes of at least 4 members (excludes halogenated alkanes) is 1. The lowest BCUT2D eigenvalue weighted by Gasteiger charge is -2.25. The van der Waals surface area contributed by atoms with Gasteiger partial charge >= 0.3 is 5.97 Å². The lowest BCUT2D eigenvalue weighted by Crippen LogP contribution is -2.22. The van der Waals surface area contributed by atoms with Crippen molar-refractivity contribution in [2.45, 2.75) is 32.1 Å². The second kappa shape index (κ2) is 6.90. The molecule has 0 amide bonds. The smallest absolute Gasteiger partial charge is 0.305 e. The predicted octanol–water partition coefficient (Wildman–Crippen LogP) is 2.71. The number of hydrogen-bond donors (Lipinski definition) is 1. The molecule has 0 aliphatic heterocycles. The Balaban J connectivity index is 1.68. The molecule has 1 saturated carbocycles. The number of ether oxygens (including phenoxy) is 1. The molecule has 2 aliphatic rings. The lowest BCUT2D eigenvalue weighted by molar-refractivity contribution is -0.140.